The molecule has 0 bridgehead atoms. The fraction of sp³-hybridized carbons (Fsp3) is 0.167. The zero-order valence-corrected chi connectivity index (χ0v) is 19.3. The van der Waals surface area contributed by atoms with Gasteiger partial charge in [-0.2, -0.15) is 0 Å². The molecule has 1 aliphatic heterocycles. The van der Waals surface area contributed by atoms with E-state index in [0.29, 0.717) is 16.1 Å². The van der Waals surface area contributed by atoms with Gasteiger partial charge in [-0.25, -0.2) is 0 Å². The van der Waals surface area contributed by atoms with E-state index in [-0.39, 0.29) is 23.8 Å². The highest BCUT2D eigenvalue weighted by Crippen LogP contribution is 2.35. The Morgan fingerprint density at radius 1 is 1.09 bits per heavy atom. The maximum atomic E-state index is 12.9. The summed E-state index contributed by atoms with van der Waals surface area (Å²) in [6, 6.07) is 12.0. The van der Waals surface area contributed by atoms with Gasteiger partial charge in [0, 0.05) is 27.7 Å². The number of aromatic nitrogens is 1. The van der Waals surface area contributed by atoms with Gasteiger partial charge in [0.15, 0.2) is 5.78 Å². The molecule has 1 saturated heterocycles. The van der Waals surface area contributed by atoms with Crippen LogP contribution in [0.1, 0.15) is 28.4 Å². The maximum Gasteiger partial charge on any atom is 0.293 e. The van der Waals surface area contributed by atoms with E-state index in [9.17, 15) is 19.2 Å². The standard InChI is InChI=1S/C24H20ClN3O4S/c1-2-14-4-3-5-18-16(11-27(22(14)18)13-21(26)30)10-20-23(31)28(24(32)33-20)12-19(29)15-6-8-17(25)9-7-15/h3-11H,2,12-13H2,1H3,(H2,26,30)/b20-10-. The van der Waals surface area contributed by atoms with Gasteiger partial charge in [0.2, 0.25) is 5.91 Å². The Hall–Kier alpha value is -3.36. The van der Waals surface area contributed by atoms with Crippen molar-refractivity contribution in [2.75, 3.05) is 6.54 Å². The van der Waals surface area contributed by atoms with Crippen molar-refractivity contribution in [1.82, 2.24) is 9.47 Å². The van der Waals surface area contributed by atoms with Crippen LogP contribution in [0.5, 0.6) is 0 Å². The first-order valence-electron chi connectivity index (χ1n) is 10.2. The van der Waals surface area contributed by atoms with E-state index in [1.165, 1.54) is 0 Å². The molecule has 0 atom stereocenters. The summed E-state index contributed by atoms with van der Waals surface area (Å²) in [6.07, 6.45) is 4.13. The maximum absolute atomic E-state index is 12.9. The smallest absolute Gasteiger partial charge is 0.293 e. The molecule has 0 radical (unpaired) electrons. The minimum Gasteiger partial charge on any atom is -0.368 e. The van der Waals surface area contributed by atoms with Crippen molar-refractivity contribution in [1.29, 1.82) is 0 Å². The number of carbonyl (C=O) groups excluding carboxylic acids is 4. The first-order valence-corrected chi connectivity index (χ1v) is 11.4. The molecule has 33 heavy (non-hydrogen) atoms. The van der Waals surface area contributed by atoms with Gasteiger partial charge in [0.1, 0.15) is 6.54 Å². The summed E-state index contributed by atoms with van der Waals surface area (Å²) in [5, 5.41) is 0.825. The Labute approximate surface area is 199 Å². The third-order valence-electron chi connectivity index (χ3n) is 5.35. The van der Waals surface area contributed by atoms with E-state index >= 15 is 0 Å². The summed E-state index contributed by atoms with van der Waals surface area (Å²) >= 11 is 6.63. The molecule has 0 saturated carbocycles. The second-order valence-corrected chi connectivity index (χ2v) is 8.97. The Bertz CT molecular complexity index is 1330. The third kappa shape index (κ3) is 4.58. The SMILES string of the molecule is CCc1cccc2c(/C=C3\SC(=O)N(CC(=O)c4ccc(Cl)cc4)C3=O)cn(CC(N)=O)c12. The largest absolute Gasteiger partial charge is 0.368 e. The number of halogens is 1. The number of rotatable bonds is 7. The fourth-order valence-corrected chi connectivity index (χ4v) is 4.76. The number of hydrogen-bond acceptors (Lipinski definition) is 5. The van der Waals surface area contributed by atoms with Crippen LogP contribution < -0.4 is 5.73 Å². The highest BCUT2D eigenvalue weighted by Gasteiger charge is 2.36. The van der Waals surface area contributed by atoms with Crippen LogP contribution in [0.15, 0.2) is 53.6 Å². The number of amides is 3. The number of hydrogen-bond donors (Lipinski definition) is 1. The molecule has 1 fully saturated rings. The number of benzene rings is 2. The predicted molar refractivity (Wildman–Crippen MR) is 129 cm³/mol. The molecule has 2 N–H and O–H groups in total. The van der Waals surface area contributed by atoms with Crippen molar-refractivity contribution >= 4 is 63.2 Å². The predicted octanol–water partition coefficient (Wildman–Crippen LogP) is 4.26. The average Bonchev–Trinajstić information content (AvgIpc) is 3.25. The molecule has 0 aliphatic carbocycles. The molecule has 9 heteroatoms. The second-order valence-electron chi connectivity index (χ2n) is 7.54. The molecule has 0 unspecified atom stereocenters. The first-order chi connectivity index (χ1) is 15.8. The molecule has 3 amide bonds. The van der Waals surface area contributed by atoms with Gasteiger partial charge in [-0.05, 0) is 54.1 Å². The zero-order valence-electron chi connectivity index (χ0n) is 17.7. The number of nitrogens with zero attached hydrogens (tertiary/aromatic N) is 2. The van der Waals surface area contributed by atoms with Gasteiger partial charge in [-0.3, -0.25) is 24.1 Å². The van der Waals surface area contributed by atoms with Crippen LogP contribution in [0.4, 0.5) is 4.79 Å². The summed E-state index contributed by atoms with van der Waals surface area (Å²) in [7, 11) is 0. The van der Waals surface area contributed by atoms with Crippen molar-refractivity contribution in [3.8, 4) is 0 Å². The lowest BCUT2D eigenvalue weighted by Gasteiger charge is -2.11. The van der Waals surface area contributed by atoms with Crippen molar-refractivity contribution in [3.05, 3.63) is 75.3 Å². The van der Waals surface area contributed by atoms with E-state index in [1.54, 1.807) is 41.1 Å². The van der Waals surface area contributed by atoms with Gasteiger partial charge in [0.25, 0.3) is 11.1 Å². The second kappa shape index (κ2) is 9.25. The number of para-hydroxylation sites is 1. The number of imide groups is 1. The van der Waals surface area contributed by atoms with Crippen molar-refractivity contribution in [2.24, 2.45) is 5.73 Å². The van der Waals surface area contributed by atoms with E-state index in [2.05, 4.69) is 0 Å². The van der Waals surface area contributed by atoms with Crippen LogP contribution in [-0.2, 0) is 22.6 Å². The number of fused-ring (bicyclic) bond motifs is 1. The van der Waals surface area contributed by atoms with E-state index in [1.807, 2.05) is 25.1 Å². The van der Waals surface area contributed by atoms with Crippen molar-refractivity contribution in [3.63, 3.8) is 0 Å². The van der Waals surface area contributed by atoms with Gasteiger partial charge in [0.05, 0.1) is 17.0 Å². The van der Waals surface area contributed by atoms with Crippen LogP contribution in [0.25, 0.3) is 17.0 Å². The zero-order chi connectivity index (χ0) is 23.7. The molecule has 168 valence electrons. The topological polar surface area (TPSA) is 102 Å². The lowest BCUT2D eigenvalue weighted by Crippen LogP contribution is -2.33. The Kier molecular flexibility index (Phi) is 6.40. The molecule has 0 spiro atoms. The lowest BCUT2D eigenvalue weighted by molar-refractivity contribution is -0.122. The fourth-order valence-electron chi connectivity index (χ4n) is 3.81. The normalized spacial score (nSPS) is 15.1. The number of nitrogens with two attached hydrogens (primary N) is 1. The molecular formula is C24H20ClN3O4S. The molecule has 2 aromatic carbocycles. The molecule has 4 rings (SSSR count). The quantitative estimate of drug-likeness (QED) is 0.401. The van der Waals surface area contributed by atoms with Crippen LogP contribution in [0.3, 0.4) is 0 Å². The van der Waals surface area contributed by atoms with E-state index in [0.717, 1.165) is 39.5 Å². The number of Topliss-reactive ketones (excluding diaryl/α,β-unsaturated/α-hetero) is 1. The summed E-state index contributed by atoms with van der Waals surface area (Å²) in [5.41, 5.74) is 8.37. The highest BCUT2D eigenvalue weighted by atomic mass is 35.5. The minimum absolute atomic E-state index is 0.00156. The summed E-state index contributed by atoms with van der Waals surface area (Å²) in [5.74, 6) is -1.37. The number of primary amides is 1. The average molecular weight is 482 g/mol. The first kappa shape index (κ1) is 22.8. The van der Waals surface area contributed by atoms with Crippen molar-refractivity contribution in [2.45, 2.75) is 19.9 Å². The summed E-state index contributed by atoms with van der Waals surface area (Å²) in [6.45, 7) is 1.66. The number of aryl methyl sites for hydroxylation is 1. The molecule has 7 nitrogen and oxygen atoms in total. The number of ketones is 1. The van der Waals surface area contributed by atoms with Crippen molar-refractivity contribution < 1.29 is 19.2 Å². The Morgan fingerprint density at radius 3 is 2.48 bits per heavy atom. The Morgan fingerprint density at radius 2 is 1.82 bits per heavy atom. The molecular weight excluding hydrogens is 462 g/mol. The van der Waals surface area contributed by atoms with Gasteiger partial charge in [-0.15, -0.1) is 0 Å². The minimum atomic E-state index is -0.533. The molecule has 2 heterocycles. The monoisotopic (exact) mass is 481 g/mol. The number of carbonyl (C=O) groups is 4. The van der Waals surface area contributed by atoms with Crippen LogP contribution in [0, 0.1) is 0 Å². The van der Waals surface area contributed by atoms with Crippen LogP contribution in [0.2, 0.25) is 5.02 Å². The number of thioether (sulfide) groups is 1. The highest BCUT2D eigenvalue weighted by molar-refractivity contribution is 8.18. The molecule has 1 aromatic heterocycles. The van der Waals surface area contributed by atoms with Gasteiger partial charge >= 0.3 is 0 Å². The molecule has 1 aliphatic rings. The van der Waals surface area contributed by atoms with E-state index in [4.69, 9.17) is 17.3 Å². The summed E-state index contributed by atoms with van der Waals surface area (Å²) < 4.78 is 1.76. The van der Waals surface area contributed by atoms with Crippen LogP contribution >= 0.6 is 23.4 Å². The van der Waals surface area contributed by atoms with Crippen LogP contribution in [-0.4, -0.2) is 38.8 Å². The van der Waals surface area contributed by atoms with Gasteiger partial charge < -0.3 is 10.3 Å². The molecule has 3 aromatic rings. The third-order valence-corrected chi connectivity index (χ3v) is 6.51. The van der Waals surface area contributed by atoms with Gasteiger partial charge in [-0.1, -0.05) is 36.7 Å². The summed E-state index contributed by atoms with van der Waals surface area (Å²) in [4.78, 5) is 50.7. The van der Waals surface area contributed by atoms with E-state index < -0.39 is 17.1 Å². The lowest BCUT2D eigenvalue weighted by atomic mass is 10.1. The Balaban J connectivity index is 1.65.